The van der Waals surface area contributed by atoms with Crippen molar-refractivity contribution in [2.24, 2.45) is 0 Å². The van der Waals surface area contributed by atoms with E-state index in [1.807, 2.05) is 48.3 Å². The van der Waals surface area contributed by atoms with Crippen molar-refractivity contribution < 1.29 is 0 Å². The highest BCUT2D eigenvalue weighted by molar-refractivity contribution is 9.10. The van der Waals surface area contributed by atoms with Crippen LogP contribution in [0, 0.1) is 0 Å². The van der Waals surface area contributed by atoms with Gasteiger partial charge in [0.05, 0.1) is 11.0 Å². The molecular formula is C14H12BrN3. The fourth-order valence-electron chi connectivity index (χ4n) is 1.89. The molecule has 1 aromatic heterocycles. The van der Waals surface area contributed by atoms with Gasteiger partial charge in [0.1, 0.15) is 0 Å². The van der Waals surface area contributed by atoms with E-state index in [-0.39, 0.29) is 0 Å². The van der Waals surface area contributed by atoms with E-state index in [1.165, 1.54) is 0 Å². The van der Waals surface area contributed by atoms with Crippen molar-refractivity contribution in [3.05, 3.63) is 53.0 Å². The van der Waals surface area contributed by atoms with Gasteiger partial charge in [-0.1, -0.05) is 28.1 Å². The largest absolute Gasteiger partial charge is 0.324 e. The van der Waals surface area contributed by atoms with Gasteiger partial charge in [-0.25, -0.2) is 4.98 Å². The molecule has 0 aliphatic rings. The van der Waals surface area contributed by atoms with Crippen LogP contribution in [0.4, 0.5) is 11.6 Å². The smallest absolute Gasteiger partial charge is 0.208 e. The molecule has 0 saturated carbocycles. The van der Waals surface area contributed by atoms with Crippen LogP contribution in [0.15, 0.2) is 53.0 Å². The number of rotatable bonds is 2. The van der Waals surface area contributed by atoms with Crippen molar-refractivity contribution in [2.75, 3.05) is 11.9 Å². The maximum absolute atomic E-state index is 4.57. The number of halogens is 1. The molecule has 0 bridgehead atoms. The zero-order valence-corrected chi connectivity index (χ0v) is 11.5. The van der Waals surface area contributed by atoms with Gasteiger partial charge in [-0.15, -0.1) is 0 Å². The highest BCUT2D eigenvalue weighted by Gasteiger charge is 2.08. The molecule has 1 heterocycles. The van der Waals surface area contributed by atoms with Gasteiger partial charge >= 0.3 is 0 Å². The second-order valence-corrected chi connectivity index (χ2v) is 5.03. The first-order valence-electron chi connectivity index (χ1n) is 5.68. The Hall–Kier alpha value is -1.81. The minimum atomic E-state index is 0.846. The van der Waals surface area contributed by atoms with Gasteiger partial charge in [0.25, 0.3) is 0 Å². The second-order valence-electron chi connectivity index (χ2n) is 4.11. The quantitative estimate of drug-likeness (QED) is 0.773. The zero-order valence-electron chi connectivity index (χ0n) is 9.89. The maximum Gasteiger partial charge on any atom is 0.208 e. The Morgan fingerprint density at radius 1 is 1.06 bits per heavy atom. The van der Waals surface area contributed by atoms with Crippen LogP contribution in [0.1, 0.15) is 0 Å². The zero-order chi connectivity index (χ0) is 12.5. The summed E-state index contributed by atoms with van der Waals surface area (Å²) in [5, 5.41) is 0. The predicted molar refractivity (Wildman–Crippen MR) is 78.3 cm³/mol. The summed E-state index contributed by atoms with van der Waals surface area (Å²) in [6, 6.07) is 16.2. The van der Waals surface area contributed by atoms with E-state index in [2.05, 4.69) is 38.0 Å². The Bertz CT molecular complexity index is 640. The van der Waals surface area contributed by atoms with Gasteiger partial charge in [0, 0.05) is 17.2 Å². The Morgan fingerprint density at radius 2 is 1.78 bits per heavy atom. The van der Waals surface area contributed by atoms with Crippen LogP contribution in [0.5, 0.6) is 0 Å². The Balaban J connectivity index is 2.00. The fourth-order valence-corrected chi connectivity index (χ4v) is 2.15. The molecule has 3 nitrogen and oxygen atoms in total. The van der Waals surface area contributed by atoms with Gasteiger partial charge in [-0.2, -0.15) is 0 Å². The molecule has 3 aromatic rings. The van der Waals surface area contributed by atoms with Crippen LogP contribution in [0.2, 0.25) is 0 Å². The van der Waals surface area contributed by atoms with Crippen molar-refractivity contribution in [1.82, 2.24) is 9.97 Å². The topological polar surface area (TPSA) is 31.9 Å². The van der Waals surface area contributed by atoms with Crippen molar-refractivity contribution in [2.45, 2.75) is 0 Å². The normalized spacial score (nSPS) is 10.8. The molecule has 3 rings (SSSR count). The third-order valence-electron chi connectivity index (χ3n) is 2.91. The van der Waals surface area contributed by atoms with Crippen molar-refractivity contribution in [3.8, 4) is 0 Å². The molecule has 0 saturated heterocycles. The number of fused-ring (bicyclic) bond motifs is 1. The molecular weight excluding hydrogens is 290 g/mol. The average molecular weight is 302 g/mol. The standard InChI is InChI=1S/C14H12BrN3/c1-18(11-8-6-10(15)7-9-11)14-16-12-4-2-3-5-13(12)17-14/h2-9H,1H3,(H,16,17). The molecule has 0 aliphatic carbocycles. The molecule has 2 aromatic carbocycles. The van der Waals surface area contributed by atoms with E-state index in [1.54, 1.807) is 0 Å². The van der Waals surface area contributed by atoms with Crippen LogP contribution < -0.4 is 4.90 Å². The van der Waals surface area contributed by atoms with Gasteiger partial charge < -0.3 is 9.88 Å². The number of aromatic nitrogens is 2. The lowest BCUT2D eigenvalue weighted by Crippen LogP contribution is -2.10. The van der Waals surface area contributed by atoms with E-state index in [0.29, 0.717) is 0 Å². The Labute approximate surface area is 114 Å². The molecule has 0 fully saturated rings. The molecule has 0 spiro atoms. The first-order chi connectivity index (χ1) is 8.74. The minimum Gasteiger partial charge on any atom is -0.324 e. The van der Waals surface area contributed by atoms with Crippen LogP contribution in [-0.4, -0.2) is 17.0 Å². The van der Waals surface area contributed by atoms with E-state index in [9.17, 15) is 0 Å². The number of hydrogen-bond donors (Lipinski definition) is 1. The molecule has 1 N–H and O–H groups in total. The monoisotopic (exact) mass is 301 g/mol. The molecule has 4 heteroatoms. The van der Waals surface area contributed by atoms with Gasteiger partial charge in [-0.3, -0.25) is 0 Å². The second kappa shape index (κ2) is 4.46. The number of nitrogens with one attached hydrogen (secondary N) is 1. The van der Waals surface area contributed by atoms with Crippen molar-refractivity contribution in [1.29, 1.82) is 0 Å². The Kier molecular flexibility index (Phi) is 2.80. The first kappa shape index (κ1) is 11.3. The van der Waals surface area contributed by atoms with E-state index in [0.717, 1.165) is 27.1 Å². The average Bonchev–Trinajstić information content (AvgIpc) is 2.82. The van der Waals surface area contributed by atoms with E-state index < -0.39 is 0 Å². The molecule has 0 amide bonds. The molecule has 0 radical (unpaired) electrons. The Morgan fingerprint density at radius 3 is 2.50 bits per heavy atom. The number of aromatic amines is 1. The van der Waals surface area contributed by atoms with Gasteiger partial charge in [-0.05, 0) is 36.4 Å². The number of hydrogen-bond acceptors (Lipinski definition) is 2. The van der Waals surface area contributed by atoms with Crippen LogP contribution in [0.3, 0.4) is 0 Å². The first-order valence-corrected chi connectivity index (χ1v) is 6.47. The summed E-state index contributed by atoms with van der Waals surface area (Å²) < 4.78 is 1.07. The molecule has 90 valence electrons. The highest BCUT2D eigenvalue weighted by Crippen LogP contribution is 2.24. The molecule has 18 heavy (non-hydrogen) atoms. The third kappa shape index (κ3) is 1.99. The maximum atomic E-state index is 4.57. The minimum absolute atomic E-state index is 0.846. The van der Waals surface area contributed by atoms with Crippen LogP contribution >= 0.6 is 15.9 Å². The van der Waals surface area contributed by atoms with E-state index >= 15 is 0 Å². The summed E-state index contributed by atoms with van der Waals surface area (Å²) in [7, 11) is 2.00. The number of imidazole rings is 1. The number of nitrogens with zero attached hydrogens (tertiary/aromatic N) is 2. The van der Waals surface area contributed by atoms with Crippen LogP contribution in [-0.2, 0) is 0 Å². The molecule has 0 unspecified atom stereocenters. The summed E-state index contributed by atoms with van der Waals surface area (Å²) in [4.78, 5) is 9.92. The number of para-hydroxylation sites is 2. The molecule has 0 aliphatic heterocycles. The summed E-state index contributed by atoms with van der Waals surface area (Å²) in [6.45, 7) is 0. The lowest BCUT2D eigenvalue weighted by molar-refractivity contribution is 1.10. The van der Waals surface area contributed by atoms with Crippen molar-refractivity contribution >= 4 is 38.6 Å². The fraction of sp³-hybridized carbons (Fsp3) is 0.0714. The lowest BCUT2D eigenvalue weighted by atomic mass is 10.3. The van der Waals surface area contributed by atoms with E-state index in [4.69, 9.17) is 0 Å². The number of H-pyrrole nitrogens is 1. The SMILES string of the molecule is CN(c1ccc(Br)cc1)c1nc2ccccc2[nH]1. The number of anilines is 2. The summed E-state index contributed by atoms with van der Waals surface area (Å²) in [6.07, 6.45) is 0. The third-order valence-corrected chi connectivity index (χ3v) is 3.44. The summed E-state index contributed by atoms with van der Waals surface area (Å²) >= 11 is 3.44. The predicted octanol–water partition coefficient (Wildman–Crippen LogP) is 4.09. The number of benzene rings is 2. The van der Waals surface area contributed by atoms with Crippen LogP contribution in [0.25, 0.3) is 11.0 Å². The summed E-state index contributed by atoms with van der Waals surface area (Å²) in [5.74, 6) is 0.846. The lowest BCUT2D eigenvalue weighted by Gasteiger charge is -2.15. The van der Waals surface area contributed by atoms with Gasteiger partial charge in [0.15, 0.2) is 0 Å². The van der Waals surface area contributed by atoms with Crippen molar-refractivity contribution in [3.63, 3.8) is 0 Å². The summed E-state index contributed by atoms with van der Waals surface area (Å²) in [5.41, 5.74) is 3.13. The highest BCUT2D eigenvalue weighted by atomic mass is 79.9. The molecule has 0 atom stereocenters. The van der Waals surface area contributed by atoms with Gasteiger partial charge in [0.2, 0.25) is 5.95 Å².